The summed E-state index contributed by atoms with van der Waals surface area (Å²) in [5.74, 6) is 0.634. The molecule has 0 saturated heterocycles. The molecule has 3 heterocycles. The smallest absolute Gasteiger partial charge is 0.255 e. The average Bonchev–Trinajstić information content (AvgIpc) is 3.46. The van der Waals surface area contributed by atoms with Crippen molar-refractivity contribution in [3.8, 4) is 17.3 Å². The molecule has 29 heavy (non-hydrogen) atoms. The van der Waals surface area contributed by atoms with Crippen LogP contribution in [0.25, 0.3) is 11.5 Å². The van der Waals surface area contributed by atoms with E-state index in [1.165, 1.54) is 24.2 Å². The molecule has 1 aromatic carbocycles. The zero-order valence-electron chi connectivity index (χ0n) is 15.2. The van der Waals surface area contributed by atoms with E-state index >= 15 is 0 Å². The summed E-state index contributed by atoms with van der Waals surface area (Å²) in [5, 5.41) is 18.3. The van der Waals surface area contributed by atoms with E-state index in [-0.39, 0.29) is 12.5 Å². The van der Waals surface area contributed by atoms with Crippen LogP contribution >= 0.6 is 11.6 Å². The molecule has 11 heteroatoms. The monoisotopic (exact) mass is 410 g/mol. The van der Waals surface area contributed by atoms with Crippen molar-refractivity contribution in [2.45, 2.75) is 6.54 Å². The SMILES string of the molecule is COc1cc(-n2cnnn2)c(Cl)cc1C(=O)NCc1cccnc1-n1cccn1. The van der Waals surface area contributed by atoms with E-state index in [0.29, 0.717) is 27.8 Å². The minimum absolute atomic E-state index is 0.247. The Balaban J connectivity index is 1.58. The number of ether oxygens (including phenoxy) is 1. The van der Waals surface area contributed by atoms with Gasteiger partial charge in [-0.25, -0.2) is 9.67 Å². The molecule has 0 atom stereocenters. The third-order valence-electron chi connectivity index (χ3n) is 4.14. The largest absolute Gasteiger partial charge is 0.496 e. The van der Waals surface area contributed by atoms with Crippen LogP contribution in [0.1, 0.15) is 15.9 Å². The average molecular weight is 411 g/mol. The minimum atomic E-state index is -0.345. The second-order valence-electron chi connectivity index (χ2n) is 5.88. The lowest BCUT2D eigenvalue weighted by Crippen LogP contribution is -2.24. The van der Waals surface area contributed by atoms with Gasteiger partial charge in [-0.3, -0.25) is 4.79 Å². The number of aromatic nitrogens is 7. The molecule has 0 saturated carbocycles. The number of halogens is 1. The highest BCUT2D eigenvalue weighted by Crippen LogP contribution is 2.29. The lowest BCUT2D eigenvalue weighted by Gasteiger charge is -2.13. The highest BCUT2D eigenvalue weighted by molar-refractivity contribution is 6.33. The number of carbonyl (C=O) groups is 1. The fraction of sp³-hybridized carbons (Fsp3) is 0.111. The molecule has 0 bridgehead atoms. The predicted molar refractivity (Wildman–Crippen MR) is 103 cm³/mol. The predicted octanol–water partition coefficient (Wildman–Crippen LogP) is 1.83. The Morgan fingerprint density at radius 1 is 1.24 bits per heavy atom. The van der Waals surface area contributed by atoms with Crippen LogP contribution in [0.4, 0.5) is 0 Å². The maximum absolute atomic E-state index is 12.8. The van der Waals surface area contributed by atoms with E-state index in [0.717, 1.165) is 5.56 Å². The van der Waals surface area contributed by atoms with Crippen molar-refractivity contribution in [1.82, 2.24) is 40.3 Å². The summed E-state index contributed by atoms with van der Waals surface area (Å²) in [6.07, 6.45) is 6.52. The maximum Gasteiger partial charge on any atom is 0.255 e. The topological polar surface area (TPSA) is 113 Å². The lowest BCUT2D eigenvalue weighted by molar-refractivity contribution is 0.0948. The lowest BCUT2D eigenvalue weighted by atomic mass is 10.1. The van der Waals surface area contributed by atoms with Gasteiger partial charge in [-0.05, 0) is 28.6 Å². The molecule has 0 aliphatic rings. The number of hydrogen-bond donors (Lipinski definition) is 1. The Morgan fingerprint density at radius 2 is 2.14 bits per heavy atom. The van der Waals surface area contributed by atoms with Crippen molar-refractivity contribution in [2.24, 2.45) is 0 Å². The summed E-state index contributed by atoms with van der Waals surface area (Å²) in [4.78, 5) is 17.1. The van der Waals surface area contributed by atoms with Gasteiger partial charge in [0.1, 0.15) is 12.1 Å². The molecule has 0 aliphatic heterocycles. The first kappa shape index (κ1) is 18.6. The molecular formula is C18H15ClN8O2. The summed E-state index contributed by atoms with van der Waals surface area (Å²) in [6, 6.07) is 8.59. The Morgan fingerprint density at radius 3 is 2.86 bits per heavy atom. The van der Waals surface area contributed by atoms with Crippen molar-refractivity contribution in [1.29, 1.82) is 0 Å². The Kier molecular flexibility index (Phi) is 5.16. The first-order valence-corrected chi connectivity index (χ1v) is 8.88. The van der Waals surface area contributed by atoms with Crippen LogP contribution < -0.4 is 10.1 Å². The fourth-order valence-electron chi connectivity index (χ4n) is 2.78. The standard InChI is InChI=1S/C18H15ClN8O2/c1-29-16-9-15(27-11-22-24-25-27)14(19)8-13(16)18(28)21-10-12-4-2-5-20-17(12)26-7-3-6-23-26/h2-9,11H,10H2,1H3,(H,21,28). The van der Waals surface area contributed by atoms with Crippen molar-refractivity contribution in [3.05, 3.63) is 71.4 Å². The minimum Gasteiger partial charge on any atom is -0.496 e. The second-order valence-corrected chi connectivity index (χ2v) is 6.28. The Bertz CT molecular complexity index is 1130. The summed E-state index contributed by atoms with van der Waals surface area (Å²) >= 11 is 6.33. The Hall–Kier alpha value is -3.79. The van der Waals surface area contributed by atoms with Crippen LogP contribution in [0.3, 0.4) is 0 Å². The van der Waals surface area contributed by atoms with Crippen LogP contribution in [-0.2, 0) is 6.54 Å². The molecule has 146 valence electrons. The summed E-state index contributed by atoms with van der Waals surface area (Å²) in [6.45, 7) is 0.247. The zero-order chi connectivity index (χ0) is 20.2. The van der Waals surface area contributed by atoms with Gasteiger partial charge in [0.2, 0.25) is 0 Å². The van der Waals surface area contributed by atoms with Crippen molar-refractivity contribution < 1.29 is 9.53 Å². The molecule has 0 aliphatic carbocycles. The number of nitrogens with one attached hydrogen (secondary N) is 1. The van der Waals surface area contributed by atoms with Crippen LogP contribution in [0.2, 0.25) is 5.02 Å². The van der Waals surface area contributed by atoms with Crippen LogP contribution in [0.15, 0.2) is 55.2 Å². The number of methoxy groups -OCH3 is 1. The molecular weight excluding hydrogens is 396 g/mol. The van der Waals surface area contributed by atoms with Gasteiger partial charge in [-0.1, -0.05) is 17.7 Å². The summed E-state index contributed by atoms with van der Waals surface area (Å²) in [7, 11) is 1.47. The van der Waals surface area contributed by atoms with Gasteiger partial charge in [-0.15, -0.1) is 5.10 Å². The molecule has 0 fully saturated rings. The van der Waals surface area contributed by atoms with E-state index in [2.05, 4.69) is 30.9 Å². The van der Waals surface area contributed by atoms with Crippen LogP contribution in [0.5, 0.6) is 5.75 Å². The van der Waals surface area contributed by atoms with Crippen LogP contribution in [-0.4, -0.2) is 48.0 Å². The van der Waals surface area contributed by atoms with Gasteiger partial charge in [0.15, 0.2) is 5.82 Å². The second kappa shape index (κ2) is 8.07. The highest BCUT2D eigenvalue weighted by atomic mass is 35.5. The molecule has 3 aromatic heterocycles. The molecule has 0 radical (unpaired) electrons. The van der Waals surface area contributed by atoms with E-state index in [1.807, 2.05) is 6.07 Å². The fourth-order valence-corrected chi connectivity index (χ4v) is 3.03. The summed E-state index contributed by atoms with van der Waals surface area (Å²) < 4.78 is 8.39. The number of amides is 1. The first-order valence-electron chi connectivity index (χ1n) is 8.50. The number of carbonyl (C=O) groups excluding carboxylic acids is 1. The number of pyridine rings is 1. The van der Waals surface area contributed by atoms with Crippen molar-refractivity contribution >= 4 is 17.5 Å². The quantitative estimate of drug-likeness (QED) is 0.516. The molecule has 1 N–H and O–H groups in total. The normalized spacial score (nSPS) is 10.7. The van der Waals surface area contributed by atoms with Gasteiger partial charge in [0.05, 0.1) is 23.4 Å². The third kappa shape index (κ3) is 3.78. The Labute approximate surface area is 170 Å². The van der Waals surface area contributed by atoms with E-state index in [1.54, 1.807) is 41.5 Å². The number of hydrogen-bond acceptors (Lipinski definition) is 7. The van der Waals surface area contributed by atoms with Gasteiger partial charge in [0, 0.05) is 36.8 Å². The zero-order valence-corrected chi connectivity index (χ0v) is 16.0. The van der Waals surface area contributed by atoms with E-state index in [9.17, 15) is 4.79 Å². The summed E-state index contributed by atoms with van der Waals surface area (Å²) in [5.41, 5.74) is 1.59. The van der Waals surface area contributed by atoms with Crippen molar-refractivity contribution in [2.75, 3.05) is 7.11 Å². The van der Waals surface area contributed by atoms with Gasteiger partial charge in [-0.2, -0.15) is 9.78 Å². The maximum atomic E-state index is 12.8. The number of tetrazole rings is 1. The molecule has 1 amide bonds. The van der Waals surface area contributed by atoms with E-state index in [4.69, 9.17) is 16.3 Å². The third-order valence-corrected chi connectivity index (χ3v) is 4.44. The number of rotatable bonds is 6. The number of benzene rings is 1. The molecule has 4 rings (SSSR count). The molecule has 10 nitrogen and oxygen atoms in total. The number of nitrogens with zero attached hydrogens (tertiary/aromatic N) is 7. The van der Waals surface area contributed by atoms with E-state index < -0.39 is 0 Å². The van der Waals surface area contributed by atoms with Gasteiger partial charge < -0.3 is 10.1 Å². The van der Waals surface area contributed by atoms with Gasteiger partial charge >= 0.3 is 0 Å². The molecule has 4 aromatic rings. The van der Waals surface area contributed by atoms with Crippen LogP contribution in [0, 0.1) is 0 Å². The van der Waals surface area contributed by atoms with Gasteiger partial charge in [0.25, 0.3) is 5.91 Å². The highest BCUT2D eigenvalue weighted by Gasteiger charge is 2.18. The first-order chi connectivity index (χ1) is 14.2. The molecule has 0 unspecified atom stereocenters. The molecule has 0 spiro atoms. The van der Waals surface area contributed by atoms with Crippen molar-refractivity contribution in [3.63, 3.8) is 0 Å².